The Hall–Kier alpha value is -1.32. The molecule has 2 saturated carbocycles. The summed E-state index contributed by atoms with van der Waals surface area (Å²) in [6.45, 7) is 10.5. The van der Waals surface area contributed by atoms with Crippen LogP contribution in [0.1, 0.15) is 102 Å². The molecule has 1 aromatic carbocycles. The van der Waals surface area contributed by atoms with Crippen molar-refractivity contribution >= 4 is 0 Å². The summed E-state index contributed by atoms with van der Waals surface area (Å²) in [5, 5.41) is 31.1. The Morgan fingerprint density at radius 1 is 1.16 bits per heavy atom. The quantitative estimate of drug-likeness (QED) is 0.319. The van der Waals surface area contributed by atoms with E-state index in [0.29, 0.717) is 23.5 Å². The van der Waals surface area contributed by atoms with Crippen molar-refractivity contribution in [2.45, 2.75) is 109 Å². The zero-order valence-electron chi connectivity index (χ0n) is 20.4. The van der Waals surface area contributed by atoms with Gasteiger partial charge in [-0.1, -0.05) is 44.7 Å². The van der Waals surface area contributed by atoms with E-state index in [1.54, 1.807) is 0 Å². The van der Waals surface area contributed by atoms with E-state index < -0.39 is 5.60 Å². The fraction of sp³-hybridized carbons (Fsp3) is 0.724. The second-order valence-electron chi connectivity index (χ2n) is 12.1. The monoisotopic (exact) mass is 440 g/mol. The van der Waals surface area contributed by atoms with Crippen LogP contribution in [0.2, 0.25) is 0 Å². The molecule has 1 aromatic rings. The average molecular weight is 441 g/mol. The molecule has 0 amide bonds. The normalized spacial score (nSPS) is 36.3. The molecule has 3 aliphatic carbocycles. The molecule has 3 heteroatoms. The molecule has 32 heavy (non-hydrogen) atoms. The van der Waals surface area contributed by atoms with Gasteiger partial charge in [-0.3, -0.25) is 0 Å². The molecule has 6 atom stereocenters. The van der Waals surface area contributed by atoms with E-state index in [0.717, 1.165) is 44.9 Å². The molecule has 0 aromatic heterocycles. The molecule has 0 aliphatic heterocycles. The van der Waals surface area contributed by atoms with E-state index in [1.807, 2.05) is 26.0 Å². The third-order valence-corrected chi connectivity index (χ3v) is 9.47. The van der Waals surface area contributed by atoms with Crippen LogP contribution in [0.25, 0.3) is 0 Å². The van der Waals surface area contributed by atoms with Gasteiger partial charge in [0.15, 0.2) is 0 Å². The molecule has 3 aliphatic rings. The number of aryl methyl sites for hydroxylation is 1. The van der Waals surface area contributed by atoms with Crippen molar-refractivity contribution < 1.29 is 15.3 Å². The molecule has 1 unspecified atom stereocenters. The zero-order valence-corrected chi connectivity index (χ0v) is 20.4. The van der Waals surface area contributed by atoms with Crippen molar-refractivity contribution in [3.63, 3.8) is 0 Å². The van der Waals surface area contributed by atoms with Crippen molar-refractivity contribution in [2.24, 2.45) is 22.7 Å². The van der Waals surface area contributed by atoms with Crippen LogP contribution in [-0.4, -0.2) is 27.0 Å². The van der Waals surface area contributed by atoms with Crippen LogP contribution < -0.4 is 0 Å². The molecule has 178 valence electrons. The van der Waals surface area contributed by atoms with Gasteiger partial charge in [-0.05, 0) is 111 Å². The Bertz CT molecular complexity index is 824. The first-order valence-corrected chi connectivity index (χ1v) is 13.0. The minimum atomic E-state index is -0.563. The number of phenols is 1. The van der Waals surface area contributed by atoms with Gasteiger partial charge in [-0.2, -0.15) is 0 Å². The molecular weight excluding hydrogens is 396 g/mol. The molecule has 0 radical (unpaired) electrons. The predicted octanol–water partition coefficient (Wildman–Crippen LogP) is 6.50. The summed E-state index contributed by atoms with van der Waals surface area (Å²) in [5.41, 5.74) is 2.19. The topological polar surface area (TPSA) is 60.7 Å². The van der Waals surface area contributed by atoms with Crippen molar-refractivity contribution in [1.82, 2.24) is 0 Å². The van der Waals surface area contributed by atoms with Crippen LogP contribution in [0.5, 0.6) is 5.75 Å². The number of aliphatic hydroxyl groups excluding tert-OH is 1. The molecule has 3 N–H and O–H groups in total. The van der Waals surface area contributed by atoms with Crippen molar-refractivity contribution in [3.05, 3.63) is 42.0 Å². The first-order valence-electron chi connectivity index (χ1n) is 13.0. The highest BCUT2D eigenvalue weighted by atomic mass is 16.3. The number of fused-ring (bicyclic) bond motifs is 5. The second-order valence-corrected chi connectivity index (χ2v) is 12.1. The Kier molecular flexibility index (Phi) is 6.55. The highest BCUT2D eigenvalue weighted by Crippen LogP contribution is 2.69. The smallest absolute Gasteiger partial charge is 0.115 e. The Labute approximate surface area is 195 Å². The third kappa shape index (κ3) is 4.16. The number of phenolic OH excluding ortho intramolecular Hbond substituents is 1. The summed E-state index contributed by atoms with van der Waals surface area (Å²) in [6, 6.07) is 6.02. The Morgan fingerprint density at radius 2 is 1.91 bits per heavy atom. The second kappa shape index (κ2) is 8.80. The lowest BCUT2D eigenvalue weighted by Gasteiger charge is -2.60. The third-order valence-electron chi connectivity index (χ3n) is 9.47. The maximum Gasteiger partial charge on any atom is 0.115 e. The SMILES string of the molecule is C=CC12CCc3cc(O)ccc3[C@H]1[C@@H](CCCCCCC(C)(C)O)C[C@]1(C)[C@@H](O)CC[C@@H]21. The lowest BCUT2D eigenvalue weighted by molar-refractivity contribution is -0.0812. The Balaban J connectivity index is 1.58. The van der Waals surface area contributed by atoms with Gasteiger partial charge in [-0.15, -0.1) is 6.58 Å². The van der Waals surface area contributed by atoms with Gasteiger partial charge in [0, 0.05) is 0 Å². The number of aliphatic hydroxyl groups is 2. The maximum atomic E-state index is 11.1. The number of benzene rings is 1. The maximum absolute atomic E-state index is 11.1. The summed E-state index contributed by atoms with van der Waals surface area (Å²) in [7, 11) is 0. The van der Waals surface area contributed by atoms with Gasteiger partial charge in [0.05, 0.1) is 11.7 Å². The molecule has 0 spiro atoms. The van der Waals surface area contributed by atoms with Crippen LogP contribution in [0.4, 0.5) is 0 Å². The van der Waals surface area contributed by atoms with E-state index in [9.17, 15) is 15.3 Å². The summed E-state index contributed by atoms with van der Waals surface area (Å²) in [5.74, 6) is 1.82. The van der Waals surface area contributed by atoms with Gasteiger partial charge < -0.3 is 15.3 Å². The minimum Gasteiger partial charge on any atom is -0.508 e. The number of hydrogen-bond donors (Lipinski definition) is 3. The minimum absolute atomic E-state index is 0.0231. The van der Waals surface area contributed by atoms with E-state index in [-0.39, 0.29) is 16.9 Å². The highest BCUT2D eigenvalue weighted by Gasteiger charge is 2.63. The summed E-state index contributed by atoms with van der Waals surface area (Å²) in [4.78, 5) is 0. The standard InChI is InChI=1S/C29H44O3/c1-5-29-17-15-20-18-22(30)11-12-23(20)26(29)21(10-8-6-7-9-16-27(2,3)32)19-28(4)24(29)13-14-25(28)31/h5,11-12,18,21,24-26,30-32H,1,6-10,13-17,19H2,2-4H3/t21-,24+,25-,26+,28-,29?/m0/s1. The summed E-state index contributed by atoms with van der Waals surface area (Å²) < 4.78 is 0. The number of rotatable bonds is 8. The van der Waals surface area contributed by atoms with E-state index >= 15 is 0 Å². The van der Waals surface area contributed by atoms with Crippen molar-refractivity contribution in [1.29, 1.82) is 0 Å². The van der Waals surface area contributed by atoms with Crippen LogP contribution in [-0.2, 0) is 6.42 Å². The number of aromatic hydroxyl groups is 1. The molecular formula is C29H44O3. The first kappa shape index (κ1) is 23.8. The van der Waals surface area contributed by atoms with Crippen molar-refractivity contribution in [2.75, 3.05) is 0 Å². The average Bonchev–Trinajstić information content (AvgIpc) is 3.04. The zero-order chi connectivity index (χ0) is 23.1. The van der Waals surface area contributed by atoms with E-state index in [2.05, 4.69) is 25.6 Å². The highest BCUT2D eigenvalue weighted by molar-refractivity contribution is 5.43. The van der Waals surface area contributed by atoms with Gasteiger partial charge in [0.25, 0.3) is 0 Å². The van der Waals surface area contributed by atoms with E-state index in [1.165, 1.54) is 36.8 Å². The summed E-state index contributed by atoms with van der Waals surface area (Å²) in [6.07, 6.45) is 13.9. The molecule has 0 bridgehead atoms. The van der Waals surface area contributed by atoms with E-state index in [4.69, 9.17) is 0 Å². The van der Waals surface area contributed by atoms with Crippen LogP contribution in [0, 0.1) is 22.7 Å². The van der Waals surface area contributed by atoms with Crippen LogP contribution in [0.3, 0.4) is 0 Å². The fourth-order valence-corrected chi connectivity index (χ4v) is 8.01. The number of allylic oxidation sites excluding steroid dienone is 1. The number of unbranched alkanes of at least 4 members (excludes halogenated alkanes) is 3. The van der Waals surface area contributed by atoms with Gasteiger partial charge in [0.2, 0.25) is 0 Å². The van der Waals surface area contributed by atoms with Crippen LogP contribution >= 0.6 is 0 Å². The largest absolute Gasteiger partial charge is 0.508 e. The van der Waals surface area contributed by atoms with Gasteiger partial charge >= 0.3 is 0 Å². The van der Waals surface area contributed by atoms with Crippen LogP contribution in [0.15, 0.2) is 30.9 Å². The summed E-state index contributed by atoms with van der Waals surface area (Å²) >= 11 is 0. The first-order chi connectivity index (χ1) is 15.1. The number of hydrogen-bond acceptors (Lipinski definition) is 3. The lowest BCUT2D eigenvalue weighted by Crippen LogP contribution is -2.54. The molecule has 4 rings (SSSR count). The Morgan fingerprint density at radius 3 is 2.62 bits per heavy atom. The van der Waals surface area contributed by atoms with Crippen molar-refractivity contribution in [3.8, 4) is 5.75 Å². The molecule has 0 saturated heterocycles. The lowest BCUT2D eigenvalue weighted by atomic mass is 9.44. The van der Waals surface area contributed by atoms with Gasteiger partial charge in [-0.25, -0.2) is 0 Å². The molecule has 3 nitrogen and oxygen atoms in total. The fourth-order valence-electron chi connectivity index (χ4n) is 8.01. The predicted molar refractivity (Wildman–Crippen MR) is 131 cm³/mol. The molecule has 2 fully saturated rings. The van der Waals surface area contributed by atoms with Gasteiger partial charge in [0.1, 0.15) is 5.75 Å². The molecule has 0 heterocycles.